The molecule has 0 radical (unpaired) electrons. The van der Waals surface area contributed by atoms with Crippen molar-refractivity contribution >= 4 is 38.6 Å². The molecule has 0 fully saturated rings. The van der Waals surface area contributed by atoms with E-state index in [1.165, 1.54) is 12.1 Å². The summed E-state index contributed by atoms with van der Waals surface area (Å²) >= 11 is 0. The van der Waals surface area contributed by atoms with Gasteiger partial charge in [0.25, 0.3) is 5.91 Å². The van der Waals surface area contributed by atoms with E-state index in [-0.39, 0.29) is 10.7 Å². The number of carboxylic acid groups (broad SMARTS) is 1. The number of furan rings is 1. The molecule has 0 aliphatic rings. The van der Waals surface area contributed by atoms with Gasteiger partial charge in [-0.1, -0.05) is 44.2 Å². The number of sulfonamides is 1. The zero-order valence-corrected chi connectivity index (χ0v) is 21.7. The summed E-state index contributed by atoms with van der Waals surface area (Å²) in [6.45, 7) is 4.98. The van der Waals surface area contributed by atoms with E-state index in [0.29, 0.717) is 27.8 Å². The molecule has 1 amide bonds. The maximum Gasteiger partial charge on any atom is 0.322 e. The summed E-state index contributed by atoms with van der Waals surface area (Å²) in [6.07, 6.45) is 0. The molecule has 4 aromatic rings. The Morgan fingerprint density at radius 2 is 1.58 bits per heavy atom. The molecule has 0 aliphatic heterocycles. The Morgan fingerprint density at radius 1 is 0.974 bits per heavy atom. The van der Waals surface area contributed by atoms with Crippen LogP contribution in [-0.4, -0.2) is 31.4 Å². The molecule has 194 valence electrons. The van der Waals surface area contributed by atoms with E-state index in [1.54, 1.807) is 75.4 Å². The standard InChI is InChI=1S/C28H25N3O6S/c1-16(2)25(28(33)34)31-38(35,36)22-13-9-19(10-14-22)18-7-11-21(12-8-18)30-27(32)26-17(3)24-20(15-29)5-4-6-23(24)37-26/h4-14,16,25,31H,1-3H3,(H,30,32)(H,33,34). The van der Waals surface area contributed by atoms with Crippen molar-refractivity contribution in [2.24, 2.45) is 5.92 Å². The molecule has 0 saturated carbocycles. The number of hydrogen-bond acceptors (Lipinski definition) is 6. The maximum atomic E-state index is 12.9. The van der Waals surface area contributed by atoms with E-state index in [4.69, 9.17) is 4.42 Å². The Labute approximate surface area is 219 Å². The summed E-state index contributed by atoms with van der Waals surface area (Å²) in [7, 11) is -4.02. The highest BCUT2D eigenvalue weighted by Crippen LogP contribution is 2.29. The van der Waals surface area contributed by atoms with Gasteiger partial charge in [-0.2, -0.15) is 9.98 Å². The zero-order valence-electron chi connectivity index (χ0n) is 20.8. The lowest BCUT2D eigenvalue weighted by atomic mass is 10.1. The molecule has 10 heteroatoms. The van der Waals surface area contributed by atoms with Gasteiger partial charge in [0.2, 0.25) is 10.0 Å². The molecule has 3 N–H and O–H groups in total. The van der Waals surface area contributed by atoms with Gasteiger partial charge in [-0.25, -0.2) is 8.42 Å². The predicted octanol–water partition coefficient (Wildman–Crippen LogP) is 4.92. The van der Waals surface area contributed by atoms with Crippen LogP contribution in [0.15, 0.2) is 76.0 Å². The molecule has 1 atom stereocenters. The van der Waals surface area contributed by atoms with Crippen LogP contribution in [0.1, 0.15) is 35.5 Å². The first-order chi connectivity index (χ1) is 18.0. The summed E-state index contributed by atoms with van der Waals surface area (Å²) in [5.41, 5.74) is 3.52. The molecular formula is C28H25N3O6S. The number of aryl methyl sites for hydroxylation is 1. The number of hydrogen-bond donors (Lipinski definition) is 3. The lowest BCUT2D eigenvalue weighted by molar-refractivity contribution is -0.140. The second-order valence-electron chi connectivity index (χ2n) is 9.08. The maximum absolute atomic E-state index is 12.9. The summed E-state index contributed by atoms with van der Waals surface area (Å²) in [4.78, 5) is 24.2. The van der Waals surface area contributed by atoms with E-state index in [9.17, 15) is 28.4 Å². The van der Waals surface area contributed by atoms with Gasteiger partial charge < -0.3 is 14.8 Å². The highest BCUT2D eigenvalue weighted by molar-refractivity contribution is 7.89. The lowest BCUT2D eigenvalue weighted by Crippen LogP contribution is -2.44. The number of benzene rings is 3. The minimum absolute atomic E-state index is 0.0437. The molecule has 1 heterocycles. The van der Waals surface area contributed by atoms with Gasteiger partial charge in [0, 0.05) is 16.6 Å². The van der Waals surface area contributed by atoms with Crippen molar-refractivity contribution in [1.82, 2.24) is 4.72 Å². The molecule has 0 saturated heterocycles. The fourth-order valence-corrected chi connectivity index (χ4v) is 5.42. The first-order valence-corrected chi connectivity index (χ1v) is 13.2. The van der Waals surface area contributed by atoms with Crippen LogP contribution in [0.25, 0.3) is 22.1 Å². The van der Waals surface area contributed by atoms with Crippen LogP contribution in [0.2, 0.25) is 0 Å². The molecule has 0 aliphatic carbocycles. The normalized spacial score (nSPS) is 12.3. The van der Waals surface area contributed by atoms with E-state index < -0.39 is 33.9 Å². The monoisotopic (exact) mass is 531 g/mol. The number of amides is 1. The van der Waals surface area contributed by atoms with Crippen molar-refractivity contribution < 1.29 is 27.5 Å². The minimum atomic E-state index is -4.02. The van der Waals surface area contributed by atoms with Crippen molar-refractivity contribution in [3.05, 3.63) is 83.6 Å². The Hall–Kier alpha value is -4.46. The number of aliphatic carboxylic acids is 1. The van der Waals surface area contributed by atoms with Gasteiger partial charge in [-0.15, -0.1) is 0 Å². The lowest BCUT2D eigenvalue weighted by Gasteiger charge is -2.18. The van der Waals surface area contributed by atoms with Gasteiger partial charge >= 0.3 is 5.97 Å². The molecule has 1 unspecified atom stereocenters. The molecule has 0 spiro atoms. The third kappa shape index (κ3) is 5.29. The van der Waals surface area contributed by atoms with Crippen LogP contribution < -0.4 is 10.0 Å². The predicted molar refractivity (Wildman–Crippen MR) is 142 cm³/mol. The Kier molecular flexibility index (Phi) is 7.35. The number of nitriles is 1. The Bertz CT molecular complexity index is 1660. The van der Waals surface area contributed by atoms with Crippen LogP contribution >= 0.6 is 0 Å². The van der Waals surface area contributed by atoms with Crippen molar-refractivity contribution in [2.75, 3.05) is 5.32 Å². The Balaban J connectivity index is 1.49. The largest absolute Gasteiger partial charge is 0.480 e. The number of carbonyl (C=O) groups excluding carboxylic acids is 1. The van der Waals surface area contributed by atoms with Crippen molar-refractivity contribution in [1.29, 1.82) is 5.26 Å². The van der Waals surface area contributed by atoms with E-state index in [1.807, 2.05) is 0 Å². The van der Waals surface area contributed by atoms with E-state index in [2.05, 4.69) is 16.1 Å². The number of nitrogens with one attached hydrogen (secondary N) is 2. The number of nitrogens with zero attached hydrogens (tertiary/aromatic N) is 1. The molecular weight excluding hydrogens is 506 g/mol. The highest BCUT2D eigenvalue weighted by Gasteiger charge is 2.28. The third-order valence-corrected chi connectivity index (χ3v) is 7.59. The number of rotatable bonds is 8. The zero-order chi connectivity index (χ0) is 27.6. The number of carboxylic acids is 1. The summed E-state index contributed by atoms with van der Waals surface area (Å²) in [5, 5.41) is 22.0. The van der Waals surface area contributed by atoms with Crippen molar-refractivity contribution in [3.63, 3.8) is 0 Å². The highest BCUT2D eigenvalue weighted by atomic mass is 32.2. The van der Waals surface area contributed by atoms with Gasteiger partial charge in [-0.3, -0.25) is 9.59 Å². The van der Waals surface area contributed by atoms with Gasteiger partial charge in [0.15, 0.2) is 5.76 Å². The van der Waals surface area contributed by atoms with Gasteiger partial charge in [-0.05, 0) is 60.4 Å². The topological polar surface area (TPSA) is 150 Å². The average Bonchev–Trinajstić information content (AvgIpc) is 3.24. The van der Waals surface area contributed by atoms with Crippen LogP contribution in [0.4, 0.5) is 5.69 Å². The second kappa shape index (κ2) is 10.5. The third-order valence-electron chi connectivity index (χ3n) is 6.14. The fourth-order valence-electron chi connectivity index (χ4n) is 4.08. The molecule has 1 aromatic heterocycles. The van der Waals surface area contributed by atoms with Crippen molar-refractivity contribution in [2.45, 2.75) is 31.7 Å². The van der Waals surface area contributed by atoms with E-state index in [0.717, 1.165) is 11.1 Å². The molecule has 3 aromatic carbocycles. The molecule has 4 rings (SSSR count). The summed E-state index contributed by atoms with van der Waals surface area (Å²) < 4.78 is 33.2. The SMILES string of the molecule is Cc1c(C(=O)Nc2ccc(-c3ccc(S(=O)(=O)NC(C(=O)O)C(C)C)cc3)cc2)oc2cccc(C#N)c12. The van der Waals surface area contributed by atoms with Crippen LogP contribution in [0.5, 0.6) is 0 Å². The molecule has 0 bridgehead atoms. The van der Waals surface area contributed by atoms with Gasteiger partial charge in [0.1, 0.15) is 11.6 Å². The number of carbonyl (C=O) groups is 2. The van der Waals surface area contributed by atoms with Crippen LogP contribution in [0.3, 0.4) is 0 Å². The van der Waals surface area contributed by atoms with Crippen LogP contribution in [0, 0.1) is 24.2 Å². The average molecular weight is 532 g/mol. The van der Waals surface area contributed by atoms with Crippen LogP contribution in [-0.2, 0) is 14.8 Å². The number of anilines is 1. The molecule has 38 heavy (non-hydrogen) atoms. The smallest absolute Gasteiger partial charge is 0.322 e. The van der Waals surface area contributed by atoms with E-state index >= 15 is 0 Å². The first-order valence-electron chi connectivity index (χ1n) is 11.7. The quantitative estimate of drug-likeness (QED) is 0.292. The second-order valence-corrected chi connectivity index (χ2v) is 10.8. The summed E-state index contributed by atoms with van der Waals surface area (Å²) in [6, 6.07) is 19.0. The van der Waals surface area contributed by atoms with Gasteiger partial charge in [0.05, 0.1) is 16.5 Å². The minimum Gasteiger partial charge on any atom is -0.480 e. The first kappa shape index (κ1) is 26.6. The summed E-state index contributed by atoms with van der Waals surface area (Å²) in [5.74, 6) is -1.99. The van der Waals surface area contributed by atoms with Crippen molar-refractivity contribution in [3.8, 4) is 17.2 Å². The molecule has 9 nitrogen and oxygen atoms in total. The Morgan fingerprint density at radius 3 is 2.13 bits per heavy atom. The fraction of sp³-hybridized carbons (Fsp3) is 0.179. The number of fused-ring (bicyclic) bond motifs is 1.